The third-order valence-electron chi connectivity index (χ3n) is 5.37. The number of rotatable bonds is 10. The van der Waals surface area contributed by atoms with E-state index >= 15 is 0 Å². The zero-order valence-electron chi connectivity index (χ0n) is 18.1. The molecule has 0 saturated heterocycles. The van der Waals surface area contributed by atoms with Crippen LogP contribution in [0, 0.1) is 6.58 Å². The van der Waals surface area contributed by atoms with Gasteiger partial charge in [0.2, 0.25) is 0 Å². The Balaban J connectivity index is 0.00000320. The Labute approximate surface area is 193 Å². The molecule has 3 aromatic carbocycles. The van der Waals surface area contributed by atoms with E-state index in [9.17, 15) is 0 Å². The van der Waals surface area contributed by atoms with Crippen LogP contribution in [-0.2, 0) is 10.3 Å². The summed E-state index contributed by atoms with van der Waals surface area (Å²) in [5.41, 5.74) is 3.71. The Morgan fingerprint density at radius 3 is 1.60 bits per heavy atom. The maximum atomic E-state index is 6.92. The SMILES string of the molecule is [CH-]=CC(CCC(=C)CC)OC(c1ccccc1)(c1ccccc1)c1ccccc1.[Li+]. The first kappa shape index (κ1) is 24.0. The number of allylic oxidation sites excluding steroid dienone is 1. The number of hydrogen-bond acceptors (Lipinski definition) is 1. The normalized spacial score (nSPS) is 11.9. The first-order valence-corrected chi connectivity index (χ1v) is 10.3. The van der Waals surface area contributed by atoms with E-state index in [1.54, 1.807) is 6.08 Å². The van der Waals surface area contributed by atoms with Crippen molar-refractivity contribution in [3.8, 4) is 0 Å². The molecule has 0 saturated carbocycles. The van der Waals surface area contributed by atoms with Gasteiger partial charge in [0, 0.05) is 6.10 Å². The fraction of sp³-hybridized carbons (Fsp3) is 0.214. The van der Waals surface area contributed by atoms with E-state index in [0.717, 1.165) is 36.0 Å². The fourth-order valence-electron chi connectivity index (χ4n) is 3.67. The van der Waals surface area contributed by atoms with Crippen molar-refractivity contribution < 1.29 is 23.6 Å². The Kier molecular flexibility index (Phi) is 9.41. The van der Waals surface area contributed by atoms with Crippen LogP contribution in [0.4, 0.5) is 0 Å². The van der Waals surface area contributed by atoms with Crippen LogP contribution in [0.2, 0.25) is 0 Å². The molecule has 148 valence electrons. The maximum absolute atomic E-state index is 6.92. The predicted molar refractivity (Wildman–Crippen MR) is 122 cm³/mol. The van der Waals surface area contributed by atoms with Gasteiger partial charge in [-0.05, 0) is 36.0 Å². The van der Waals surface area contributed by atoms with E-state index in [1.165, 1.54) is 5.57 Å². The van der Waals surface area contributed by atoms with Crippen LogP contribution in [0.3, 0.4) is 0 Å². The number of ether oxygens (including phenoxy) is 1. The summed E-state index contributed by atoms with van der Waals surface area (Å²) in [5.74, 6) is 0. The third kappa shape index (κ3) is 5.44. The predicted octanol–water partition coefficient (Wildman–Crippen LogP) is 4.10. The molecule has 0 amide bonds. The summed E-state index contributed by atoms with van der Waals surface area (Å²) in [7, 11) is 0. The quantitative estimate of drug-likeness (QED) is 0.220. The average Bonchev–Trinajstić information content (AvgIpc) is 2.81. The van der Waals surface area contributed by atoms with Gasteiger partial charge in [0.15, 0.2) is 0 Å². The molecule has 0 fully saturated rings. The molecule has 0 bridgehead atoms. The summed E-state index contributed by atoms with van der Waals surface area (Å²) in [6, 6.07) is 31.2. The van der Waals surface area contributed by atoms with Crippen molar-refractivity contribution in [1.82, 2.24) is 0 Å². The van der Waals surface area contributed by atoms with Gasteiger partial charge >= 0.3 is 18.9 Å². The van der Waals surface area contributed by atoms with Crippen molar-refractivity contribution in [3.05, 3.63) is 132 Å². The third-order valence-corrected chi connectivity index (χ3v) is 5.37. The Morgan fingerprint density at radius 1 is 0.867 bits per heavy atom. The van der Waals surface area contributed by atoms with Crippen LogP contribution in [0.5, 0.6) is 0 Å². The fourth-order valence-corrected chi connectivity index (χ4v) is 3.67. The molecule has 0 aliphatic carbocycles. The minimum Gasteiger partial charge on any atom is -0.515 e. The van der Waals surface area contributed by atoms with Crippen molar-refractivity contribution in [2.75, 3.05) is 0 Å². The van der Waals surface area contributed by atoms with Crippen LogP contribution < -0.4 is 18.9 Å². The molecular weight excluding hydrogens is 359 g/mol. The molecule has 0 spiro atoms. The van der Waals surface area contributed by atoms with E-state index in [2.05, 4.69) is 86.3 Å². The second kappa shape index (κ2) is 11.8. The number of benzene rings is 3. The minimum absolute atomic E-state index is 0. The Bertz CT molecular complexity index is 806. The summed E-state index contributed by atoms with van der Waals surface area (Å²) in [5, 5.41) is 0. The molecule has 0 aromatic heterocycles. The molecular formula is C28H29LiO. The Morgan fingerprint density at radius 2 is 1.27 bits per heavy atom. The van der Waals surface area contributed by atoms with Crippen molar-refractivity contribution in [2.45, 2.75) is 37.9 Å². The van der Waals surface area contributed by atoms with Crippen molar-refractivity contribution in [1.29, 1.82) is 0 Å². The molecule has 0 radical (unpaired) electrons. The summed E-state index contributed by atoms with van der Waals surface area (Å²) in [6.07, 6.45) is 4.13. The minimum atomic E-state index is -0.752. The molecule has 0 aliphatic heterocycles. The monoisotopic (exact) mass is 388 g/mol. The van der Waals surface area contributed by atoms with Gasteiger partial charge in [-0.1, -0.05) is 110 Å². The summed E-state index contributed by atoms with van der Waals surface area (Å²) >= 11 is 0. The molecule has 0 N–H and O–H groups in total. The summed E-state index contributed by atoms with van der Waals surface area (Å²) < 4.78 is 6.92. The molecule has 2 heteroatoms. The van der Waals surface area contributed by atoms with Crippen LogP contribution in [0.15, 0.2) is 109 Å². The summed E-state index contributed by atoms with van der Waals surface area (Å²) in [4.78, 5) is 0. The second-order valence-electron chi connectivity index (χ2n) is 7.27. The van der Waals surface area contributed by atoms with E-state index in [0.29, 0.717) is 0 Å². The van der Waals surface area contributed by atoms with Gasteiger partial charge in [0.05, 0.1) is 0 Å². The molecule has 3 aromatic rings. The van der Waals surface area contributed by atoms with Gasteiger partial charge in [-0.3, -0.25) is 0 Å². The van der Waals surface area contributed by atoms with Crippen molar-refractivity contribution in [3.63, 3.8) is 0 Å². The molecule has 3 rings (SSSR count). The first-order chi connectivity index (χ1) is 14.2. The molecule has 30 heavy (non-hydrogen) atoms. The van der Waals surface area contributed by atoms with E-state index < -0.39 is 5.60 Å². The van der Waals surface area contributed by atoms with Crippen LogP contribution >= 0.6 is 0 Å². The maximum Gasteiger partial charge on any atom is 1.00 e. The standard InChI is InChI=1S/C28H29O.Li/c1-4-23(3)21-22-27(5-2)29-28(24-15-9-6-10-16-24,25-17-11-7-12-18-25)26-19-13-8-14-20-26;/h2,5-20,27H,3-4,21-22H2,1H3;/q-1;+1. The zero-order chi connectivity index (χ0) is 20.5. The largest absolute Gasteiger partial charge is 1.00 e. The van der Waals surface area contributed by atoms with Crippen LogP contribution in [-0.4, -0.2) is 6.10 Å². The molecule has 1 nitrogen and oxygen atoms in total. The first-order valence-electron chi connectivity index (χ1n) is 10.3. The zero-order valence-corrected chi connectivity index (χ0v) is 18.1. The van der Waals surface area contributed by atoms with Crippen LogP contribution in [0.25, 0.3) is 0 Å². The van der Waals surface area contributed by atoms with Crippen molar-refractivity contribution >= 4 is 0 Å². The molecule has 0 heterocycles. The topological polar surface area (TPSA) is 9.23 Å². The Hall–Kier alpha value is -2.30. The van der Waals surface area contributed by atoms with Gasteiger partial charge in [-0.15, -0.1) is 0 Å². The van der Waals surface area contributed by atoms with Gasteiger partial charge < -0.3 is 11.3 Å². The number of hydrogen-bond donors (Lipinski definition) is 0. The van der Waals surface area contributed by atoms with Crippen molar-refractivity contribution in [2.24, 2.45) is 0 Å². The van der Waals surface area contributed by atoms with Gasteiger partial charge in [-0.25, -0.2) is 6.08 Å². The smallest absolute Gasteiger partial charge is 0.515 e. The second-order valence-corrected chi connectivity index (χ2v) is 7.27. The van der Waals surface area contributed by atoms with E-state index in [4.69, 9.17) is 11.3 Å². The average molecular weight is 388 g/mol. The molecule has 0 aliphatic rings. The van der Waals surface area contributed by atoms with E-state index in [-0.39, 0.29) is 25.0 Å². The van der Waals surface area contributed by atoms with Gasteiger partial charge in [0.25, 0.3) is 0 Å². The molecule has 1 unspecified atom stereocenters. The summed E-state index contributed by atoms with van der Waals surface area (Å²) in [6.45, 7) is 12.3. The van der Waals surface area contributed by atoms with Gasteiger partial charge in [0.1, 0.15) is 5.60 Å². The van der Waals surface area contributed by atoms with Gasteiger partial charge in [-0.2, -0.15) is 0 Å². The van der Waals surface area contributed by atoms with E-state index in [1.807, 2.05) is 18.2 Å². The van der Waals surface area contributed by atoms with Crippen LogP contribution in [0.1, 0.15) is 42.9 Å². The molecule has 1 atom stereocenters.